The molecule has 2 aromatic carbocycles. The summed E-state index contributed by atoms with van der Waals surface area (Å²) in [5, 5.41) is 18.7. The van der Waals surface area contributed by atoms with E-state index >= 15 is 0 Å². The van der Waals surface area contributed by atoms with Crippen LogP contribution in [0.25, 0.3) is 0 Å². The SMILES string of the molecule is N#C[C@H](c1ccc(Sc2ccc(F)cc2F)nn1)c1c(Cl)cccc1Cl. The van der Waals surface area contributed by atoms with Crippen molar-refractivity contribution in [2.45, 2.75) is 15.8 Å². The minimum atomic E-state index is -0.787. The van der Waals surface area contributed by atoms with E-state index in [-0.39, 0.29) is 4.90 Å². The number of hydrogen-bond donors (Lipinski definition) is 0. The van der Waals surface area contributed by atoms with Gasteiger partial charge in [0.2, 0.25) is 0 Å². The first-order chi connectivity index (χ1) is 12.5. The molecule has 1 atom stereocenters. The van der Waals surface area contributed by atoms with Crippen molar-refractivity contribution in [3.63, 3.8) is 0 Å². The van der Waals surface area contributed by atoms with Crippen molar-refractivity contribution in [2.24, 2.45) is 0 Å². The molecule has 0 N–H and O–H groups in total. The lowest BCUT2D eigenvalue weighted by Crippen LogP contribution is -2.04. The molecule has 1 aromatic heterocycles. The van der Waals surface area contributed by atoms with Gasteiger partial charge < -0.3 is 0 Å². The topological polar surface area (TPSA) is 49.6 Å². The van der Waals surface area contributed by atoms with Crippen molar-refractivity contribution in [2.75, 3.05) is 0 Å². The maximum atomic E-state index is 13.7. The lowest BCUT2D eigenvalue weighted by Gasteiger charge is -2.12. The van der Waals surface area contributed by atoms with Gasteiger partial charge in [-0.05, 0) is 36.4 Å². The third kappa shape index (κ3) is 3.96. The van der Waals surface area contributed by atoms with Crippen LogP contribution >= 0.6 is 35.0 Å². The van der Waals surface area contributed by atoms with E-state index < -0.39 is 17.6 Å². The molecule has 0 spiro atoms. The van der Waals surface area contributed by atoms with Crippen LogP contribution in [0.3, 0.4) is 0 Å². The van der Waals surface area contributed by atoms with Gasteiger partial charge in [0.15, 0.2) is 0 Å². The first-order valence-corrected chi connectivity index (χ1v) is 8.87. The zero-order valence-corrected chi connectivity index (χ0v) is 15.3. The van der Waals surface area contributed by atoms with Crippen LogP contribution in [0, 0.1) is 23.0 Å². The predicted molar refractivity (Wildman–Crippen MR) is 96.4 cm³/mol. The Morgan fingerprint density at radius 3 is 2.31 bits per heavy atom. The predicted octanol–water partition coefficient (Wildman–Crippen LogP) is 5.87. The Kier molecular flexibility index (Phi) is 5.72. The van der Waals surface area contributed by atoms with Crippen molar-refractivity contribution < 1.29 is 8.78 Å². The van der Waals surface area contributed by atoms with Gasteiger partial charge in [-0.15, -0.1) is 5.10 Å². The lowest BCUT2D eigenvalue weighted by molar-refractivity contribution is 0.565. The molecule has 26 heavy (non-hydrogen) atoms. The summed E-state index contributed by atoms with van der Waals surface area (Å²) in [6.07, 6.45) is 0. The molecule has 130 valence electrons. The molecule has 0 aliphatic carbocycles. The number of nitrogens with zero attached hydrogens (tertiary/aromatic N) is 3. The summed E-state index contributed by atoms with van der Waals surface area (Å²) in [6, 6.07) is 13.6. The summed E-state index contributed by atoms with van der Waals surface area (Å²) in [4.78, 5) is 0.222. The highest BCUT2D eigenvalue weighted by molar-refractivity contribution is 7.99. The Balaban J connectivity index is 1.88. The van der Waals surface area contributed by atoms with Crippen LogP contribution in [0.1, 0.15) is 17.2 Å². The molecule has 3 aromatic rings. The van der Waals surface area contributed by atoms with Crippen molar-refractivity contribution >= 4 is 35.0 Å². The molecular weight excluding hydrogens is 399 g/mol. The van der Waals surface area contributed by atoms with Crippen LogP contribution < -0.4 is 0 Å². The lowest BCUT2D eigenvalue weighted by atomic mass is 9.97. The van der Waals surface area contributed by atoms with E-state index in [1.54, 1.807) is 30.3 Å². The van der Waals surface area contributed by atoms with E-state index in [1.165, 1.54) is 12.1 Å². The molecule has 0 aliphatic rings. The second-order valence-corrected chi connectivity index (χ2v) is 7.05. The fourth-order valence-electron chi connectivity index (χ4n) is 2.27. The van der Waals surface area contributed by atoms with Crippen LogP contribution in [0.15, 0.2) is 58.5 Å². The van der Waals surface area contributed by atoms with E-state index in [1.807, 2.05) is 0 Å². The third-order valence-corrected chi connectivity index (χ3v) is 5.12. The molecule has 0 bridgehead atoms. The third-order valence-electron chi connectivity index (χ3n) is 3.48. The van der Waals surface area contributed by atoms with Crippen LogP contribution in [0.4, 0.5) is 8.78 Å². The molecule has 0 saturated heterocycles. The van der Waals surface area contributed by atoms with Crippen LogP contribution in [0.5, 0.6) is 0 Å². The van der Waals surface area contributed by atoms with E-state index in [9.17, 15) is 14.0 Å². The Labute approximate surface area is 162 Å². The molecule has 3 nitrogen and oxygen atoms in total. The Bertz CT molecular complexity index is 970. The minimum absolute atomic E-state index is 0.222. The van der Waals surface area contributed by atoms with Gasteiger partial charge >= 0.3 is 0 Å². The number of halogens is 4. The summed E-state index contributed by atoms with van der Waals surface area (Å²) in [7, 11) is 0. The van der Waals surface area contributed by atoms with Gasteiger partial charge in [-0.25, -0.2) is 8.78 Å². The standard InChI is InChI=1S/C18H9Cl2F2N3S/c19-12-2-1-3-13(20)18(12)11(9-23)15-5-7-17(25-24-15)26-16-6-4-10(21)8-14(16)22/h1-8,11H/t11-/m1/s1. The minimum Gasteiger partial charge on any atom is -0.207 e. The van der Waals surface area contributed by atoms with E-state index in [0.29, 0.717) is 26.3 Å². The number of benzene rings is 2. The van der Waals surface area contributed by atoms with Gasteiger partial charge in [0.1, 0.15) is 22.6 Å². The fourth-order valence-corrected chi connectivity index (χ4v) is 3.63. The van der Waals surface area contributed by atoms with Gasteiger partial charge in [0.05, 0.1) is 11.8 Å². The second kappa shape index (κ2) is 8.00. The molecule has 0 radical (unpaired) electrons. The summed E-state index contributed by atoms with van der Waals surface area (Å²) in [5.41, 5.74) is 0.823. The van der Waals surface area contributed by atoms with Gasteiger partial charge in [0, 0.05) is 26.6 Å². The maximum absolute atomic E-state index is 13.7. The van der Waals surface area contributed by atoms with Crippen molar-refractivity contribution in [1.29, 1.82) is 5.26 Å². The van der Waals surface area contributed by atoms with Crippen molar-refractivity contribution in [1.82, 2.24) is 10.2 Å². The van der Waals surface area contributed by atoms with E-state index in [4.69, 9.17) is 23.2 Å². The van der Waals surface area contributed by atoms with Crippen molar-refractivity contribution in [3.8, 4) is 6.07 Å². The summed E-state index contributed by atoms with van der Waals surface area (Å²) in [5.74, 6) is -2.12. The van der Waals surface area contributed by atoms with Crippen molar-refractivity contribution in [3.05, 3.63) is 81.5 Å². The maximum Gasteiger partial charge on any atom is 0.140 e. The molecule has 3 rings (SSSR count). The highest BCUT2D eigenvalue weighted by Crippen LogP contribution is 2.35. The first-order valence-electron chi connectivity index (χ1n) is 7.29. The van der Waals surface area contributed by atoms with Crippen LogP contribution in [0.2, 0.25) is 10.0 Å². The highest BCUT2D eigenvalue weighted by atomic mass is 35.5. The molecule has 1 heterocycles. The Hall–Kier alpha value is -2.20. The molecule has 8 heteroatoms. The quantitative estimate of drug-likeness (QED) is 0.542. The molecule has 0 amide bonds. The number of aromatic nitrogens is 2. The number of nitriles is 1. The Morgan fingerprint density at radius 2 is 1.73 bits per heavy atom. The average molecular weight is 408 g/mol. The van der Waals surface area contributed by atoms with Gasteiger partial charge in [-0.2, -0.15) is 10.4 Å². The van der Waals surface area contributed by atoms with Crippen LogP contribution in [-0.2, 0) is 0 Å². The highest BCUT2D eigenvalue weighted by Gasteiger charge is 2.21. The smallest absolute Gasteiger partial charge is 0.140 e. The summed E-state index contributed by atoms with van der Waals surface area (Å²) < 4.78 is 26.7. The number of rotatable bonds is 4. The molecular formula is C18H9Cl2F2N3S. The molecule has 0 unspecified atom stereocenters. The zero-order chi connectivity index (χ0) is 18.7. The average Bonchev–Trinajstić information content (AvgIpc) is 2.62. The van der Waals surface area contributed by atoms with E-state index in [0.717, 1.165) is 17.8 Å². The molecule has 0 saturated carbocycles. The van der Waals surface area contributed by atoms with Gasteiger partial charge in [-0.1, -0.05) is 41.0 Å². The Morgan fingerprint density at radius 1 is 1.00 bits per heavy atom. The summed E-state index contributed by atoms with van der Waals surface area (Å²) >= 11 is 13.3. The second-order valence-electron chi connectivity index (χ2n) is 5.17. The summed E-state index contributed by atoms with van der Waals surface area (Å²) in [6.45, 7) is 0. The largest absolute Gasteiger partial charge is 0.207 e. The number of hydrogen-bond acceptors (Lipinski definition) is 4. The van der Waals surface area contributed by atoms with E-state index in [2.05, 4.69) is 16.3 Å². The first kappa shape index (κ1) is 18.6. The zero-order valence-electron chi connectivity index (χ0n) is 13.0. The van der Waals surface area contributed by atoms with Crippen LogP contribution in [-0.4, -0.2) is 10.2 Å². The van der Waals surface area contributed by atoms with Gasteiger partial charge in [-0.3, -0.25) is 0 Å². The normalized spacial score (nSPS) is 11.8. The molecule has 0 fully saturated rings. The molecule has 0 aliphatic heterocycles. The fraction of sp³-hybridized carbons (Fsp3) is 0.0556. The van der Waals surface area contributed by atoms with Gasteiger partial charge in [0.25, 0.3) is 0 Å². The monoisotopic (exact) mass is 407 g/mol.